The highest BCUT2D eigenvalue weighted by Gasteiger charge is 2.70. The van der Waals surface area contributed by atoms with Crippen molar-refractivity contribution in [3.05, 3.63) is 23.8 Å². The van der Waals surface area contributed by atoms with Gasteiger partial charge in [0.15, 0.2) is 0 Å². The molecule has 0 radical (unpaired) electrons. The Kier molecular flexibility index (Phi) is 3.49. The second-order valence-electron chi connectivity index (χ2n) is 7.37. The quantitative estimate of drug-likeness (QED) is 0.640. The average Bonchev–Trinajstić information content (AvgIpc) is 3.35. The molecule has 122 valence electrons. The molecule has 0 aromatic rings. The summed E-state index contributed by atoms with van der Waals surface area (Å²) >= 11 is 0. The van der Waals surface area contributed by atoms with Gasteiger partial charge in [0.25, 0.3) is 0 Å². The zero-order valence-corrected chi connectivity index (χ0v) is 13.5. The van der Waals surface area contributed by atoms with Crippen molar-refractivity contribution in [1.29, 1.82) is 0 Å². The Balaban J connectivity index is 1.50. The molecule has 2 heterocycles. The van der Waals surface area contributed by atoms with Gasteiger partial charge in [-0.05, 0) is 39.0 Å². The van der Waals surface area contributed by atoms with Gasteiger partial charge in [-0.25, -0.2) is 0 Å². The number of rotatable bonds is 4. The third-order valence-electron chi connectivity index (χ3n) is 5.98. The Morgan fingerprint density at radius 3 is 2.77 bits per heavy atom. The van der Waals surface area contributed by atoms with Gasteiger partial charge in [-0.1, -0.05) is 23.8 Å². The van der Waals surface area contributed by atoms with Crippen LogP contribution in [-0.4, -0.2) is 48.3 Å². The number of ether oxygens (including phenoxy) is 3. The molecule has 4 heteroatoms. The third-order valence-corrected chi connectivity index (χ3v) is 5.98. The Labute approximate surface area is 132 Å². The highest BCUT2D eigenvalue weighted by Crippen LogP contribution is 2.57. The van der Waals surface area contributed by atoms with Crippen LogP contribution in [0, 0.1) is 5.92 Å². The normalized spacial score (nSPS) is 49.7. The van der Waals surface area contributed by atoms with E-state index < -0.39 is 6.10 Å². The van der Waals surface area contributed by atoms with Crippen molar-refractivity contribution in [2.24, 2.45) is 5.92 Å². The van der Waals surface area contributed by atoms with Crippen LogP contribution in [-0.2, 0) is 14.2 Å². The molecule has 2 aliphatic heterocycles. The van der Waals surface area contributed by atoms with E-state index in [9.17, 15) is 5.11 Å². The molecule has 22 heavy (non-hydrogen) atoms. The maximum atomic E-state index is 10.2. The van der Waals surface area contributed by atoms with Crippen LogP contribution in [0.15, 0.2) is 23.8 Å². The van der Waals surface area contributed by atoms with Crippen molar-refractivity contribution >= 4 is 0 Å². The van der Waals surface area contributed by atoms with Crippen LogP contribution in [0.2, 0.25) is 0 Å². The van der Waals surface area contributed by atoms with Crippen LogP contribution < -0.4 is 0 Å². The highest BCUT2D eigenvalue weighted by molar-refractivity contribution is 5.29. The van der Waals surface area contributed by atoms with Gasteiger partial charge in [-0.2, -0.15) is 0 Å². The van der Waals surface area contributed by atoms with E-state index in [2.05, 4.69) is 13.0 Å². The second-order valence-corrected chi connectivity index (χ2v) is 7.37. The molecule has 2 aliphatic carbocycles. The largest absolute Gasteiger partial charge is 0.386 e. The van der Waals surface area contributed by atoms with E-state index in [-0.39, 0.29) is 29.3 Å². The van der Waals surface area contributed by atoms with E-state index in [4.69, 9.17) is 14.2 Å². The summed E-state index contributed by atoms with van der Waals surface area (Å²) in [6.07, 6.45) is 11.7. The van der Waals surface area contributed by atoms with Crippen molar-refractivity contribution in [3.63, 3.8) is 0 Å². The minimum atomic E-state index is -0.584. The predicted octanol–water partition coefficient (Wildman–Crippen LogP) is 2.37. The molecule has 0 amide bonds. The Bertz CT molecular complexity index is 499. The average molecular weight is 306 g/mol. The van der Waals surface area contributed by atoms with E-state index in [1.807, 2.05) is 6.08 Å². The van der Waals surface area contributed by atoms with Gasteiger partial charge in [0.2, 0.25) is 0 Å². The van der Waals surface area contributed by atoms with Crippen LogP contribution in [0.3, 0.4) is 0 Å². The first kappa shape index (κ1) is 14.9. The van der Waals surface area contributed by atoms with Gasteiger partial charge >= 0.3 is 0 Å². The van der Waals surface area contributed by atoms with E-state index >= 15 is 0 Å². The van der Waals surface area contributed by atoms with Gasteiger partial charge in [0.1, 0.15) is 11.2 Å². The SMILES string of the molecule is CO[C@@H]1[C@H](O)C=C[C@]2(CO2)[C@H]1[C@@]1(C)O[C@@H]1CC=C1CCCC1. The second kappa shape index (κ2) is 5.17. The van der Waals surface area contributed by atoms with Crippen molar-refractivity contribution in [2.75, 3.05) is 13.7 Å². The lowest BCUT2D eigenvalue weighted by Gasteiger charge is -2.38. The van der Waals surface area contributed by atoms with E-state index in [1.54, 1.807) is 18.8 Å². The zero-order valence-electron chi connectivity index (χ0n) is 13.5. The minimum absolute atomic E-state index is 0.0528. The Morgan fingerprint density at radius 1 is 1.41 bits per heavy atom. The number of allylic oxidation sites excluding steroid dienone is 1. The van der Waals surface area contributed by atoms with Crippen molar-refractivity contribution in [3.8, 4) is 0 Å². The Hall–Kier alpha value is -0.680. The molecule has 0 aromatic carbocycles. The fourth-order valence-corrected chi connectivity index (χ4v) is 4.53. The zero-order chi connectivity index (χ0) is 15.4. The fourth-order valence-electron chi connectivity index (χ4n) is 4.53. The van der Waals surface area contributed by atoms with Crippen LogP contribution >= 0.6 is 0 Å². The van der Waals surface area contributed by atoms with E-state index in [0.29, 0.717) is 6.61 Å². The van der Waals surface area contributed by atoms with Gasteiger partial charge in [0, 0.05) is 7.11 Å². The maximum Gasteiger partial charge on any atom is 0.118 e. The number of methoxy groups -OCH3 is 1. The first-order valence-corrected chi connectivity index (χ1v) is 8.49. The van der Waals surface area contributed by atoms with E-state index in [1.165, 1.54) is 25.7 Å². The molecule has 1 saturated carbocycles. The number of hydrogen-bond acceptors (Lipinski definition) is 4. The standard InChI is InChI=1S/C18H26O4/c1-17(14(22-17)8-7-12-5-3-4-6-12)16-15(20-2)13(19)9-10-18(16)11-21-18/h7,9-10,13-16,19H,3-6,8,11H2,1-2H3/t13-,14-,15-,16-,17+,18+/m1/s1. The summed E-state index contributed by atoms with van der Waals surface area (Å²) in [4.78, 5) is 0. The monoisotopic (exact) mass is 306 g/mol. The molecule has 0 unspecified atom stereocenters. The summed E-state index contributed by atoms with van der Waals surface area (Å²) in [5.74, 6) is 0.0528. The van der Waals surface area contributed by atoms with Crippen LogP contribution in [0.5, 0.6) is 0 Å². The summed E-state index contributed by atoms with van der Waals surface area (Å²) in [5.41, 5.74) is 1.03. The van der Waals surface area contributed by atoms with Gasteiger partial charge in [-0.15, -0.1) is 0 Å². The lowest BCUT2D eigenvalue weighted by molar-refractivity contribution is -0.0717. The molecular formula is C18H26O4. The summed E-state index contributed by atoms with van der Waals surface area (Å²) in [5, 5.41) is 10.2. The van der Waals surface area contributed by atoms with Crippen molar-refractivity contribution in [1.82, 2.24) is 0 Å². The summed E-state index contributed by atoms with van der Waals surface area (Å²) in [7, 11) is 1.66. The molecule has 2 saturated heterocycles. The summed E-state index contributed by atoms with van der Waals surface area (Å²) < 4.78 is 17.5. The molecule has 1 spiro atoms. The number of aliphatic hydroxyl groups is 1. The minimum Gasteiger partial charge on any atom is -0.386 e. The molecule has 4 rings (SSSR count). The Morgan fingerprint density at radius 2 is 2.14 bits per heavy atom. The van der Waals surface area contributed by atoms with E-state index in [0.717, 1.165) is 6.42 Å². The molecule has 3 fully saturated rings. The van der Waals surface area contributed by atoms with Crippen LogP contribution in [0.25, 0.3) is 0 Å². The van der Waals surface area contributed by atoms with Crippen LogP contribution in [0.4, 0.5) is 0 Å². The van der Waals surface area contributed by atoms with Crippen molar-refractivity contribution in [2.45, 2.75) is 68.5 Å². The molecule has 6 atom stereocenters. The number of aliphatic hydroxyl groups excluding tert-OH is 1. The molecule has 4 nitrogen and oxygen atoms in total. The molecule has 4 aliphatic rings. The molecule has 0 bridgehead atoms. The van der Waals surface area contributed by atoms with Gasteiger partial charge in [-0.3, -0.25) is 0 Å². The van der Waals surface area contributed by atoms with Crippen LogP contribution in [0.1, 0.15) is 39.0 Å². The van der Waals surface area contributed by atoms with Gasteiger partial charge in [0.05, 0.1) is 30.8 Å². The molecule has 0 aromatic heterocycles. The van der Waals surface area contributed by atoms with Gasteiger partial charge < -0.3 is 19.3 Å². The number of epoxide rings is 2. The lowest BCUT2D eigenvalue weighted by Crippen LogP contribution is -2.52. The predicted molar refractivity (Wildman–Crippen MR) is 82.6 cm³/mol. The molecule has 1 N–H and O–H groups in total. The third kappa shape index (κ3) is 2.28. The smallest absolute Gasteiger partial charge is 0.118 e. The summed E-state index contributed by atoms with van der Waals surface area (Å²) in [6, 6.07) is 0. The lowest BCUT2D eigenvalue weighted by atomic mass is 9.71. The van der Waals surface area contributed by atoms with Crippen molar-refractivity contribution < 1.29 is 19.3 Å². The highest BCUT2D eigenvalue weighted by atomic mass is 16.6. The molecular weight excluding hydrogens is 280 g/mol. The first-order valence-electron chi connectivity index (χ1n) is 8.49. The summed E-state index contributed by atoms with van der Waals surface area (Å²) in [6.45, 7) is 2.85. The number of hydrogen-bond donors (Lipinski definition) is 1. The topological polar surface area (TPSA) is 54.5 Å². The first-order chi connectivity index (χ1) is 10.6. The maximum absolute atomic E-state index is 10.2. The fraction of sp³-hybridized carbons (Fsp3) is 0.778.